The van der Waals surface area contributed by atoms with Gasteiger partial charge in [-0.05, 0) is 12.1 Å². The zero-order valence-corrected chi connectivity index (χ0v) is 17.1. The maximum atomic E-state index is 7.01. The highest BCUT2D eigenvalue weighted by atomic mass is 16.7. The Morgan fingerprint density at radius 1 is 0.645 bits per heavy atom. The highest BCUT2D eigenvalue weighted by molar-refractivity contribution is 5.50. The molecule has 0 saturated carbocycles. The summed E-state index contributed by atoms with van der Waals surface area (Å²) in [6.45, 7) is 1.13. The predicted molar refractivity (Wildman–Crippen MR) is 120 cm³/mol. The summed E-state index contributed by atoms with van der Waals surface area (Å²) in [5, 5.41) is 0. The van der Waals surface area contributed by atoms with Crippen LogP contribution in [-0.2, 0) is 15.1 Å². The zero-order valence-electron chi connectivity index (χ0n) is 17.1. The minimum atomic E-state index is -0.855. The molecule has 3 heteroatoms. The molecule has 0 aromatic heterocycles. The van der Waals surface area contributed by atoms with Crippen LogP contribution in [0.2, 0.25) is 0 Å². The lowest BCUT2D eigenvalue weighted by Gasteiger charge is -2.37. The third-order valence-electron chi connectivity index (χ3n) is 5.51. The van der Waals surface area contributed by atoms with Crippen LogP contribution in [0.1, 0.15) is 28.5 Å². The van der Waals surface area contributed by atoms with Gasteiger partial charge < -0.3 is 14.2 Å². The van der Waals surface area contributed by atoms with Gasteiger partial charge in [0.1, 0.15) is 5.75 Å². The number of hydrogen-bond donors (Lipinski definition) is 0. The van der Waals surface area contributed by atoms with Crippen molar-refractivity contribution in [3.8, 4) is 5.75 Å². The minimum absolute atomic E-state index is 0.476. The van der Waals surface area contributed by atoms with Crippen LogP contribution in [0.4, 0.5) is 0 Å². The molecule has 3 nitrogen and oxygen atoms in total. The van der Waals surface area contributed by atoms with E-state index in [2.05, 4.69) is 42.5 Å². The molecule has 0 N–H and O–H groups in total. The molecular formula is C28H23O3. The fraction of sp³-hybridized carbons (Fsp3) is 0.143. The van der Waals surface area contributed by atoms with Crippen molar-refractivity contribution in [3.05, 3.63) is 138 Å². The summed E-state index contributed by atoms with van der Waals surface area (Å²) >= 11 is 0. The lowest BCUT2D eigenvalue weighted by atomic mass is 9.80. The lowest BCUT2D eigenvalue weighted by molar-refractivity contribution is -0.0471. The van der Waals surface area contributed by atoms with Gasteiger partial charge in [0.25, 0.3) is 0 Å². The van der Waals surface area contributed by atoms with E-state index in [1.165, 1.54) is 0 Å². The average Bonchev–Trinajstić information content (AvgIpc) is 3.39. The first-order valence-electron chi connectivity index (χ1n) is 10.5. The van der Waals surface area contributed by atoms with Crippen LogP contribution in [0, 0.1) is 6.07 Å². The van der Waals surface area contributed by atoms with Crippen molar-refractivity contribution in [3.63, 3.8) is 0 Å². The number of hydrogen-bond acceptors (Lipinski definition) is 3. The van der Waals surface area contributed by atoms with Crippen molar-refractivity contribution in [1.29, 1.82) is 0 Å². The van der Waals surface area contributed by atoms with Gasteiger partial charge in [-0.1, -0.05) is 103 Å². The molecule has 5 rings (SSSR count). The molecule has 0 unspecified atom stereocenters. The first kappa shape index (κ1) is 19.6. The fourth-order valence-corrected chi connectivity index (χ4v) is 4.09. The smallest absolute Gasteiger partial charge is 0.188 e. The first-order valence-corrected chi connectivity index (χ1v) is 10.5. The molecule has 1 aliphatic rings. The van der Waals surface area contributed by atoms with E-state index in [9.17, 15) is 0 Å². The fourth-order valence-electron chi connectivity index (χ4n) is 4.09. The van der Waals surface area contributed by atoms with Crippen molar-refractivity contribution in [2.45, 2.75) is 11.9 Å². The van der Waals surface area contributed by atoms with Crippen LogP contribution in [0.15, 0.2) is 109 Å². The van der Waals surface area contributed by atoms with Gasteiger partial charge in [0.15, 0.2) is 11.9 Å². The van der Waals surface area contributed by atoms with Gasteiger partial charge in [-0.15, -0.1) is 0 Å². The van der Waals surface area contributed by atoms with Gasteiger partial charge >= 0.3 is 0 Å². The maximum absolute atomic E-state index is 7.01. The normalized spacial score (nSPS) is 14.5. The molecule has 1 fully saturated rings. The van der Waals surface area contributed by atoms with E-state index in [1.807, 2.05) is 72.8 Å². The van der Waals surface area contributed by atoms with Crippen LogP contribution in [-0.4, -0.2) is 13.2 Å². The second-order valence-corrected chi connectivity index (χ2v) is 7.40. The molecule has 1 saturated heterocycles. The second kappa shape index (κ2) is 8.76. The molecule has 31 heavy (non-hydrogen) atoms. The zero-order chi connectivity index (χ0) is 20.9. The monoisotopic (exact) mass is 407 g/mol. The molecule has 4 aromatic carbocycles. The molecule has 0 aliphatic carbocycles. The second-order valence-electron chi connectivity index (χ2n) is 7.40. The highest BCUT2D eigenvalue weighted by Crippen LogP contribution is 2.43. The molecule has 4 aromatic rings. The van der Waals surface area contributed by atoms with Crippen LogP contribution in [0.25, 0.3) is 0 Å². The van der Waals surface area contributed by atoms with Crippen molar-refractivity contribution in [2.75, 3.05) is 13.2 Å². The van der Waals surface area contributed by atoms with Gasteiger partial charge in [-0.25, -0.2) is 0 Å². The first-order chi connectivity index (χ1) is 15.4. The molecule has 153 valence electrons. The number of rotatable bonds is 6. The summed E-state index contributed by atoms with van der Waals surface area (Å²) in [7, 11) is 0. The maximum Gasteiger partial charge on any atom is 0.188 e. The molecule has 0 atom stereocenters. The van der Waals surface area contributed by atoms with Crippen molar-refractivity contribution in [2.24, 2.45) is 0 Å². The van der Waals surface area contributed by atoms with Gasteiger partial charge in [0, 0.05) is 16.7 Å². The summed E-state index contributed by atoms with van der Waals surface area (Å²) in [5.41, 5.74) is 3.03. The van der Waals surface area contributed by atoms with E-state index in [-0.39, 0.29) is 0 Å². The Morgan fingerprint density at radius 3 is 1.61 bits per heavy atom. The van der Waals surface area contributed by atoms with E-state index in [0.717, 1.165) is 22.3 Å². The Kier molecular flexibility index (Phi) is 5.53. The predicted octanol–water partition coefficient (Wildman–Crippen LogP) is 5.90. The van der Waals surface area contributed by atoms with E-state index >= 15 is 0 Å². The Bertz CT molecular complexity index is 1010. The Labute approximate surface area is 182 Å². The summed E-state index contributed by atoms with van der Waals surface area (Å²) in [4.78, 5) is 0. The Hall–Kier alpha value is -3.40. The van der Waals surface area contributed by atoms with Crippen molar-refractivity contribution >= 4 is 0 Å². The van der Waals surface area contributed by atoms with Crippen LogP contribution in [0.5, 0.6) is 5.75 Å². The lowest BCUT2D eigenvalue weighted by Crippen LogP contribution is -2.36. The molecule has 1 aliphatic heterocycles. The average molecular weight is 407 g/mol. The molecule has 0 spiro atoms. The summed E-state index contributed by atoms with van der Waals surface area (Å²) in [6.07, 6.45) is -0.476. The van der Waals surface area contributed by atoms with Crippen LogP contribution >= 0.6 is 0 Å². The Morgan fingerprint density at radius 2 is 1.13 bits per heavy atom. The quantitative estimate of drug-likeness (QED) is 0.372. The molecular weight excluding hydrogens is 384 g/mol. The van der Waals surface area contributed by atoms with E-state index in [1.54, 1.807) is 0 Å². The van der Waals surface area contributed by atoms with Gasteiger partial charge in [0.05, 0.1) is 18.8 Å². The standard InChI is InChI=1S/C28H23O3/c1-4-12-22(13-5-1)28(23-14-6-2-7-15-23,24-16-8-3-9-17-24)31-26-19-11-10-18-25(26)27-29-20-21-30-27/h1-17,19,27H,20-21H2. The summed E-state index contributed by atoms with van der Waals surface area (Å²) < 4.78 is 18.6. The largest absolute Gasteiger partial charge is 0.473 e. The number of ether oxygens (including phenoxy) is 3. The number of benzene rings is 4. The van der Waals surface area contributed by atoms with Crippen LogP contribution < -0.4 is 4.74 Å². The van der Waals surface area contributed by atoms with Crippen LogP contribution in [0.3, 0.4) is 0 Å². The summed E-state index contributed by atoms with van der Waals surface area (Å²) in [6, 6.07) is 40.0. The SMILES string of the molecule is [c]1cccc(OC(c2ccccc2)(c2ccccc2)c2ccccc2)c1C1OCCO1. The third-order valence-corrected chi connectivity index (χ3v) is 5.51. The molecule has 1 heterocycles. The minimum Gasteiger partial charge on any atom is -0.473 e. The van der Waals surface area contributed by atoms with Gasteiger partial charge in [-0.2, -0.15) is 0 Å². The van der Waals surface area contributed by atoms with Crippen molar-refractivity contribution < 1.29 is 14.2 Å². The van der Waals surface area contributed by atoms with Gasteiger partial charge in [0.2, 0.25) is 0 Å². The summed E-state index contributed by atoms with van der Waals surface area (Å²) in [5.74, 6) is 0.686. The Balaban J connectivity index is 1.74. The molecule has 1 radical (unpaired) electrons. The van der Waals surface area contributed by atoms with E-state index in [4.69, 9.17) is 14.2 Å². The third kappa shape index (κ3) is 3.74. The molecule has 0 amide bonds. The van der Waals surface area contributed by atoms with E-state index < -0.39 is 11.9 Å². The topological polar surface area (TPSA) is 27.7 Å². The van der Waals surface area contributed by atoms with Crippen molar-refractivity contribution in [1.82, 2.24) is 0 Å². The van der Waals surface area contributed by atoms with E-state index in [0.29, 0.717) is 19.0 Å². The molecule has 0 bridgehead atoms. The highest BCUT2D eigenvalue weighted by Gasteiger charge is 2.40. The van der Waals surface area contributed by atoms with Gasteiger partial charge in [-0.3, -0.25) is 0 Å².